The molecule has 0 spiro atoms. The fourth-order valence-electron chi connectivity index (χ4n) is 3.54. The van der Waals surface area contributed by atoms with Gasteiger partial charge < -0.3 is 24.5 Å². The molecule has 210 valence electrons. The number of rotatable bonds is 9. The molecule has 0 fully saturated rings. The highest BCUT2D eigenvalue weighted by molar-refractivity contribution is 8.77. The minimum Gasteiger partial charge on any atom is -0.444 e. The van der Waals surface area contributed by atoms with E-state index in [1.807, 2.05) is 31.6 Å². The number of hydrogen-bond donors (Lipinski definition) is 3. The number of nitrogens with zero attached hydrogens (tertiary/aromatic N) is 4. The first-order valence-electron chi connectivity index (χ1n) is 12.1. The van der Waals surface area contributed by atoms with Gasteiger partial charge >= 0.3 is 6.09 Å². The van der Waals surface area contributed by atoms with Crippen molar-refractivity contribution in [2.45, 2.75) is 45.0 Å². The van der Waals surface area contributed by atoms with E-state index in [9.17, 15) is 14.4 Å². The van der Waals surface area contributed by atoms with Crippen LogP contribution in [0.5, 0.6) is 0 Å². The lowest BCUT2D eigenvalue weighted by atomic mass is 10.1. The van der Waals surface area contributed by atoms with Gasteiger partial charge in [-0.3, -0.25) is 14.9 Å². The number of ether oxygens (including phenoxy) is 1. The van der Waals surface area contributed by atoms with Gasteiger partial charge in [0.15, 0.2) is 5.82 Å². The highest BCUT2D eigenvalue weighted by atomic mass is 33.1. The fraction of sp³-hybridized carbons (Fsp3) is 0.423. The summed E-state index contributed by atoms with van der Waals surface area (Å²) in [7, 11) is 6.85. The molecule has 3 N–H and O–H groups in total. The van der Waals surface area contributed by atoms with E-state index in [1.54, 1.807) is 66.2 Å². The van der Waals surface area contributed by atoms with Gasteiger partial charge in [0.25, 0.3) is 11.8 Å². The fourth-order valence-corrected chi connectivity index (χ4v) is 5.66. The molecule has 0 bridgehead atoms. The van der Waals surface area contributed by atoms with E-state index in [-0.39, 0.29) is 22.3 Å². The summed E-state index contributed by atoms with van der Waals surface area (Å²) in [5, 5.41) is 8.23. The Morgan fingerprint density at radius 1 is 0.949 bits per heavy atom. The third-order valence-corrected chi connectivity index (χ3v) is 7.88. The van der Waals surface area contributed by atoms with E-state index in [0.717, 1.165) is 11.1 Å². The van der Waals surface area contributed by atoms with Crippen molar-refractivity contribution < 1.29 is 19.1 Å². The van der Waals surface area contributed by atoms with Crippen LogP contribution in [-0.4, -0.2) is 60.2 Å². The van der Waals surface area contributed by atoms with E-state index >= 15 is 0 Å². The van der Waals surface area contributed by atoms with Crippen LogP contribution in [0, 0.1) is 0 Å². The zero-order chi connectivity index (χ0) is 29.0. The van der Waals surface area contributed by atoms with Crippen molar-refractivity contribution in [3.63, 3.8) is 0 Å². The van der Waals surface area contributed by atoms with Crippen molar-refractivity contribution in [2.24, 2.45) is 14.1 Å². The third kappa shape index (κ3) is 8.52. The number of nitrogens with one attached hydrogen (secondary N) is 3. The lowest BCUT2D eigenvalue weighted by Gasteiger charge is -2.22. The molecular formula is C26H35N7O4S2. The van der Waals surface area contributed by atoms with E-state index in [0.29, 0.717) is 18.1 Å². The monoisotopic (exact) mass is 573 g/mol. The first kappa shape index (κ1) is 30.1. The number of amides is 3. The first-order valence-corrected chi connectivity index (χ1v) is 14.7. The summed E-state index contributed by atoms with van der Waals surface area (Å²) >= 11 is 0. The minimum absolute atomic E-state index is 0.0850. The second kappa shape index (κ2) is 12.2. The summed E-state index contributed by atoms with van der Waals surface area (Å²) in [4.78, 5) is 46.1. The summed E-state index contributed by atoms with van der Waals surface area (Å²) in [5.41, 5.74) is 1.50. The van der Waals surface area contributed by atoms with Gasteiger partial charge in [0.2, 0.25) is 5.82 Å². The molecule has 3 rings (SSSR count). The Hall–Kier alpha value is -3.45. The van der Waals surface area contributed by atoms with Gasteiger partial charge in [-0.15, -0.1) is 0 Å². The molecule has 0 unspecified atom stereocenters. The molecule has 3 aromatic rings. The summed E-state index contributed by atoms with van der Waals surface area (Å²) in [6, 6.07) is 5.29. The number of hydrogen-bond acceptors (Lipinski definition) is 8. The van der Waals surface area contributed by atoms with Crippen molar-refractivity contribution in [2.75, 3.05) is 23.4 Å². The van der Waals surface area contributed by atoms with Crippen molar-refractivity contribution in [1.29, 1.82) is 0 Å². The zero-order valence-corrected chi connectivity index (χ0v) is 25.0. The van der Waals surface area contributed by atoms with Gasteiger partial charge in [0.1, 0.15) is 17.1 Å². The Labute approximate surface area is 236 Å². The number of pyridine rings is 1. The summed E-state index contributed by atoms with van der Waals surface area (Å²) in [6.07, 6.45) is 6.35. The number of aryl methyl sites for hydroxylation is 2. The van der Waals surface area contributed by atoms with Gasteiger partial charge in [-0.05, 0) is 59.1 Å². The smallest absolute Gasteiger partial charge is 0.413 e. The average molecular weight is 574 g/mol. The van der Waals surface area contributed by atoms with E-state index in [4.69, 9.17) is 4.74 Å². The molecule has 0 saturated heterocycles. The highest BCUT2D eigenvalue weighted by Gasteiger charge is 2.22. The standard InChI is InChI=1S/C26H35N7O4S2/c1-25(2,3)37-24(36)31-20-14-33(7)21(29-20)23(35)30-19-10-9-16(12-27-19)17-11-18(32(6)13-17)22(34)28-15-26(4,5)39-38-8/h9-14H,15H2,1-8H3,(H,28,34)(H,31,36)(H,27,30,35). The molecule has 0 aromatic carbocycles. The molecule has 3 heterocycles. The van der Waals surface area contributed by atoms with Crippen LogP contribution in [-0.2, 0) is 18.8 Å². The van der Waals surface area contributed by atoms with Gasteiger partial charge in [0, 0.05) is 55.1 Å². The molecule has 3 amide bonds. The van der Waals surface area contributed by atoms with Crippen LogP contribution in [0.3, 0.4) is 0 Å². The maximum absolute atomic E-state index is 12.8. The molecule has 3 aromatic heterocycles. The predicted molar refractivity (Wildman–Crippen MR) is 157 cm³/mol. The van der Waals surface area contributed by atoms with Crippen LogP contribution in [0.1, 0.15) is 55.7 Å². The van der Waals surface area contributed by atoms with Crippen LogP contribution in [0.25, 0.3) is 11.1 Å². The third-order valence-electron chi connectivity index (χ3n) is 5.27. The summed E-state index contributed by atoms with van der Waals surface area (Å²) in [6.45, 7) is 9.98. The normalized spacial score (nSPS) is 11.7. The van der Waals surface area contributed by atoms with E-state index in [1.165, 1.54) is 10.8 Å². The Morgan fingerprint density at radius 2 is 1.67 bits per heavy atom. The molecule has 0 aliphatic rings. The quantitative estimate of drug-likeness (QED) is 0.307. The average Bonchev–Trinajstić information content (AvgIpc) is 3.39. The van der Waals surface area contributed by atoms with Crippen LogP contribution < -0.4 is 16.0 Å². The molecule has 13 heteroatoms. The van der Waals surface area contributed by atoms with Crippen molar-refractivity contribution >= 4 is 51.1 Å². The Kier molecular flexibility index (Phi) is 9.38. The lowest BCUT2D eigenvalue weighted by molar-refractivity contribution is 0.0634. The van der Waals surface area contributed by atoms with Gasteiger partial charge in [0.05, 0.1) is 0 Å². The van der Waals surface area contributed by atoms with Crippen LogP contribution >= 0.6 is 21.6 Å². The summed E-state index contributed by atoms with van der Waals surface area (Å²) < 4.78 is 8.40. The molecular weight excluding hydrogens is 538 g/mol. The second-order valence-electron chi connectivity index (χ2n) is 10.5. The van der Waals surface area contributed by atoms with Crippen LogP contribution in [0.4, 0.5) is 16.4 Å². The topological polar surface area (TPSA) is 132 Å². The Bertz CT molecular complexity index is 1340. The van der Waals surface area contributed by atoms with Gasteiger partial charge in [-0.25, -0.2) is 14.8 Å². The SMILES string of the molecule is CSSC(C)(C)CNC(=O)c1cc(-c2ccc(NC(=O)c3nc(NC(=O)OC(C)(C)C)cn3C)nc2)cn1C. The Balaban J connectivity index is 1.64. The van der Waals surface area contributed by atoms with Crippen LogP contribution in [0.2, 0.25) is 0 Å². The zero-order valence-electron chi connectivity index (χ0n) is 23.4. The lowest BCUT2D eigenvalue weighted by Crippen LogP contribution is -2.36. The number of anilines is 2. The largest absolute Gasteiger partial charge is 0.444 e. The molecule has 0 aliphatic carbocycles. The van der Waals surface area contributed by atoms with Crippen molar-refractivity contribution in [1.82, 2.24) is 24.4 Å². The Morgan fingerprint density at radius 3 is 2.28 bits per heavy atom. The maximum Gasteiger partial charge on any atom is 0.413 e. The minimum atomic E-state index is -0.662. The number of carbonyl (C=O) groups excluding carboxylic acids is 3. The van der Waals surface area contributed by atoms with Crippen LogP contribution in [0.15, 0.2) is 36.8 Å². The summed E-state index contributed by atoms with van der Waals surface area (Å²) in [5.74, 6) is -0.0292. The maximum atomic E-state index is 12.8. The molecule has 11 nitrogen and oxygen atoms in total. The van der Waals surface area contributed by atoms with E-state index < -0.39 is 17.6 Å². The number of carbonyl (C=O) groups is 3. The first-order chi connectivity index (χ1) is 18.2. The number of imidazole rings is 1. The number of aromatic nitrogens is 4. The molecule has 0 saturated carbocycles. The second-order valence-corrected chi connectivity index (χ2v) is 13.6. The van der Waals surface area contributed by atoms with E-state index in [2.05, 4.69) is 39.8 Å². The van der Waals surface area contributed by atoms with Crippen molar-refractivity contribution in [3.8, 4) is 11.1 Å². The van der Waals surface area contributed by atoms with Gasteiger partial charge in [-0.2, -0.15) is 0 Å². The molecule has 0 radical (unpaired) electrons. The van der Waals surface area contributed by atoms with Gasteiger partial charge in [-0.1, -0.05) is 21.6 Å². The highest BCUT2D eigenvalue weighted by Crippen LogP contribution is 2.33. The molecule has 0 atom stereocenters. The predicted octanol–water partition coefficient (Wildman–Crippen LogP) is 4.94. The van der Waals surface area contributed by atoms with Crippen molar-refractivity contribution in [3.05, 3.63) is 48.3 Å². The molecule has 0 aliphatic heterocycles. The molecule has 39 heavy (non-hydrogen) atoms.